The number of nitrogens with one attached hydrogen (secondary N) is 1. The van der Waals surface area contributed by atoms with E-state index in [1.807, 2.05) is 4.90 Å². The molecule has 1 aromatic rings. The molecule has 2 fully saturated rings. The maximum absolute atomic E-state index is 12.6. The third kappa shape index (κ3) is 5.24. The second-order valence-corrected chi connectivity index (χ2v) is 7.53. The number of piperidine rings is 1. The quantitative estimate of drug-likeness (QED) is 0.877. The van der Waals surface area contributed by atoms with Crippen LogP contribution < -0.4 is 5.32 Å². The fourth-order valence-corrected chi connectivity index (χ4v) is 3.68. The van der Waals surface area contributed by atoms with Gasteiger partial charge in [-0.05, 0) is 51.1 Å². The first-order chi connectivity index (χ1) is 12.6. The molecule has 26 heavy (non-hydrogen) atoms. The molecule has 7 heteroatoms. The van der Waals surface area contributed by atoms with Crippen LogP contribution in [0.4, 0.5) is 0 Å². The molecule has 3 rings (SSSR count). The summed E-state index contributed by atoms with van der Waals surface area (Å²) in [5, 5.41) is 3.03. The van der Waals surface area contributed by atoms with E-state index >= 15 is 0 Å². The van der Waals surface area contributed by atoms with Gasteiger partial charge in [-0.15, -0.1) is 0 Å². The fraction of sp³-hybridized carbons (Fsp3) is 0.684. The number of likely N-dealkylation sites (tertiary alicyclic amines) is 2. The Labute approximate surface area is 155 Å². The SMILES string of the molecule is CC1CCN(CC(=O)N2CCCC(NC(=O)c3cnccn3)CC2)CC1. The van der Waals surface area contributed by atoms with Gasteiger partial charge >= 0.3 is 0 Å². The van der Waals surface area contributed by atoms with Gasteiger partial charge in [0, 0.05) is 31.5 Å². The van der Waals surface area contributed by atoms with E-state index in [2.05, 4.69) is 27.1 Å². The Kier molecular flexibility index (Phi) is 6.55. The Morgan fingerprint density at radius 1 is 1.12 bits per heavy atom. The number of carbonyl (C=O) groups is 2. The van der Waals surface area contributed by atoms with Crippen molar-refractivity contribution in [3.63, 3.8) is 0 Å². The van der Waals surface area contributed by atoms with Crippen molar-refractivity contribution in [2.24, 2.45) is 5.92 Å². The fourth-order valence-electron chi connectivity index (χ4n) is 3.68. The Bertz CT molecular complexity index is 601. The summed E-state index contributed by atoms with van der Waals surface area (Å²) in [6.45, 7) is 6.34. The highest BCUT2D eigenvalue weighted by molar-refractivity contribution is 5.92. The largest absolute Gasteiger partial charge is 0.348 e. The molecule has 0 saturated carbocycles. The Morgan fingerprint density at radius 3 is 2.65 bits per heavy atom. The van der Waals surface area contributed by atoms with Crippen LogP contribution in [0, 0.1) is 5.92 Å². The minimum Gasteiger partial charge on any atom is -0.348 e. The molecule has 2 aliphatic heterocycles. The molecule has 0 spiro atoms. The molecular formula is C19H29N5O2. The summed E-state index contributed by atoms with van der Waals surface area (Å²) in [7, 11) is 0. The highest BCUT2D eigenvalue weighted by Crippen LogP contribution is 2.17. The van der Waals surface area contributed by atoms with Crippen molar-refractivity contribution in [1.29, 1.82) is 0 Å². The van der Waals surface area contributed by atoms with Crippen molar-refractivity contribution in [1.82, 2.24) is 25.1 Å². The summed E-state index contributed by atoms with van der Waals surface area (Å²) in [6, 6.07) is 0.0816. The lowest BCUT2D eigenvalue weighted by Crippen LogP contribution is -2.44. The van der Waals surface area contributed by atoms with E-state index in [1.54, 1.807) is 6.20 Å². The van der Waals surface area contributed by atoms with Gasteiger partial charge in [-0.1, -0.05) is 6.92 Å². The van der Waals surface area contributed by atoms with Crippen LogP contribution in [-0.2, 0) is 4.79 Å². The van der Waals surface area contributed by atoms with Crippen molar-refractivity contribution in [3.8, 4) is 0 Å². The topological polar surface area (TPSA) is 78.4 Å². The smallest absolute Gasteiger partial charge is 0.271 e. The van der Waals surface area contributed by atoms with E-state index < -0.39 is 0 Å². The first kappa shape index (κ1) is 18.8. The number of hydrogen-bond donors (Lipinski definition) is 1. The zero-order chi connectivity index (χ0) is 18.4. The summed E-state index contributed by atoms with van der Waals surface area (Å²) >= 11 is 0. The molecule has 1 atom stereocenters. The molecule has 2 saturated heterocycles. The van der Waals surface area contributed by atoms with Crippen LogP contribution in [0.25, 0.3) is 0 Å². The van der Waals surface area contributed by atoms with E-state index in [0.29, 0.717) is 18.8 Å². The monoisotopic (exact) mass is 359 g/mol. The predicted octanol–water partition coefficient (Wildman–Crippen LogP) is 1.32. The van der Waals surface area contributed by atoms with Gasteiger partial charge < -0.3 is 10.2 Å². The van der Waals surface area contributed by atoms with Gasteiger partial charge in [-0.25, -0.2) is 4.98 Å². The molecule has 142 valence electrons. The van der Waals surface area contributed by atoms with Crippen LogP contribution in [0.2, 0.25) is 0 Å². The lowest BCUT2D eigenvalue weighted by Gasteiger charge is -2.31. The summed E-state index contributed by atoms with van der Waals surface area (Å²) < 4.78 is 0. The van der Waals surface area contributed by atoms with Gasteiger partial charge in [0.15, 0.2) is 0 Å². The number of nitrogens with zero attached hydrogens (tertiary/aromatic N) is 4. The van der Waals surface area contributed by atoms with Crippen LogP contribution in [0.1, 0.15) is 49.5 Å². The number of hydrogen-bond acceptors (Lipinski definition) is 5. The lowest BCUT2D eigenvalue weighted by molar-refractivity contribution is -0.132. The second-order valence-electron chi connectivity index (χ2n) is 7.53. The zero-order valence-electron chi connectivity index (χ0n) is 15.6. The highest BCUT2D eigenvalue weighted by atomic mass is 16.2. The van der Waals surface area contributed by atoms with Crippen LogP contribution >= 0.6 is 0 Å². The van der Waals surface area contributed by atoms with Gasteiger partial charge in [0.05, 0.1) is 12.7 Å². The molecule has 0 aliphatic carbocycles. The van der Waals surface area contributed by atoms with E-state index in [9.17, 15) is 9.59 Å². The van der Waals surface area contributed by atoms with E-state index in [4.69, 9.17) is 0 Å². The average molecular weight is 359 g/mol. The Morgan fingerprint density at radius 2 is 1.92 bits per heavy atom. The summed E-state index contributed by atoms with van der Waals surface area (Å²) in [5.41, 5.74) is 0.337. The predicted molar refractivity (Wildman–Crippen MR) is 98.6 cm³/mol. The Hall–Kier alpha value is -2.02. The van der Waals surface area contributed by atoms with E-state index in [-0.39, 0.29) is 17.9 Å². The number of aromatic nitrogens is 2. The summed E-state index contributed by atoms with van der Waals surface area (Å²) in [4.78, 5) is 37.1. The summed E-state index contributed by atoms with van der Waals surface area (Å²) in [5.74, 6) is 0.809. The molecule has 0 radical (unpaired) electrons. The number of rotatable bonds is 4. The van der Waals surface area contributed by atoms with Gasteiger partial charge in [0.25, 0.3) is 5.91 Å². The van der Waals surface area contributed by atoms with Crippen LogP contribution in [0.15, 0.2) is 18.6 Å². The Balaban J connectivity index is 1.45. The number of amides is 2. The first-order valence-electron chi connectivity index (χ1n) is 9.69. The molecule has 0 aromatic carbocycles. The molecule has 1 N–H and O–H groups in total. The third-order valence-electron chi connectivity index (χ3n) is 5.45. The minimum atomic E-state index is -0.190. The first-order valence-corrected chi connectivity index (χ1v) is 9.69. The van der Waals surface area contributed by atoms with Crippen LogP contribution in [0.3, 0.4) is 0 Å². The molecule has 1 aromatic heterocycles. The highest BCUT2D eigenvalue weighted by Gasteiger charge is 2.25. The van der Waals surface area contributed by atoms with Crippen LogP contribution in [-0.4, -0.2) is 70.3 Å². The molecule has 2 aliphatic rings. The molecular weight excluding hydrogens is 330 g/mol. The van der Waals surface area contributed by atoms with Crippen molar-refractivity contribution in [2.75, 3.05) is 32.7 Å². The second kappa shape index (κ2) is 9.07. The van der Waals surface area contributed by atoms with Gasteiger partial charge in [0.2, 0.25) is 5.91 Å². The maximum Gasteiger partial charge on any atom is 0.271 e. The van der Waals surface area contributed by atoms with Crippen molar-refractivity contribution < 1.29 is 9.59 Å². The summed E-state index contributed by atoms with van der Waals surface area (Å²) in [6.07, 6.45) is 9.49. The molecule has 0 bridgehead atoms. The van der Waals surface area contributed by atoms with Crippen molar-refractivity contribution in [3.05, 3.63) is 24.3 Å². The van der Waals surface area contributed by atoms with Gasteiger partial charge in [-0.3, -0.25) is 19.5 Å². The van der Waals surface area contributed by atoms with Gasteiger partial charge in [0.1, 0.15) is 5.69 Å². The van der Waals surface area contributed by atoms with Crippen LogP contribution in [0.5, 0.6) is 0 Å². The molecule has 2 amide bonds. The normalized spacial score (nSPS) is 22.7. The number of carbonyl (C=O) groups excluding carboxylic acids is 2. The zero-order valence-corrected chi connectivity index (χ0v) is 15.6. The third-order valence-corrected chi connectivity index (χ3v) is 5.45. The van der Waals surface area contributed by atoms with E-state index in [0.717, 1.165) is 44.8 Å². The lowest BCUT2D eigenvalue weighted by atomic mass is 9.99. The van der Waals surface area contributed by atoms with E-state index in [1.165, 1.54) is 25.2 Å². The minimum absolute atomic E-state index is 0.0816. The molecule has 7 nitrogen and oxygen atoms in total. The standard InChI is InChI=1S/C19H29N5O2/c1-15-4-10-23(11-5-15)14-18(25)24-9-2-3-16(6-12-24)22-19(26)17-13-20-7-8-21-17/h7-8,13,15-16H,2-6,9-12,14H2,1H3,(H,22,26). The molecule has 3 heterocycles. The average Bonchev–Trinajstić information content (AvgIpc) is 2.90. The van der Waals surface area contributed by atoms with Crippen molar-refractivity contribution in [2.45, 2.75) is 45.1 Å². The maximum atomic E-state index is 12.6. The van der Waals surface area contributed by atoms with Gasteiger partial charge in [-0.2, -0.15) is 0 Å². The molecule has 1 unspecified atom stereocenters. The van der Waals surface area contributed by atoms with Crippen molar-refractivity contribution >= 4 is 11.8 Å².